The number of rotatable bonds is 5. The largest absolute Gasteiger partial charge is 0.308 e. The topological polar surface area (TPSA) is 84.0 Å². The van der Waals surface area contributed by atoms with Crippen LogP contribution in [0.15, 0.2) is 12.1 Å². The molecule has 1 atom stereocenters. The number of carbonyl (C=O) groups excluding carboxylic acids is 1. The summed E-state index contributed by atoms with van der Waals surface area (Å²) in [5.41, 5.74) is -1.87. The molecule has 0 aliphatic carbocycles. The van der Waals surface area contributed by atoms with Gasteiger partial charge < -0.3 is 0 Å². The van der Waals surface area contributed by atoms with Crippen LogP contribution in [-0.4, -0.2) is 10.7 Å². The van der Waals surface area contributed by atoms with Gasteiger partial charge in [0.1, 0.15) is 11.7 Å². The molecule has 0 aliphatic heterocycles. The fourth-order valence-corrected chi connectivity index (χ4v) is 1.62. The maximum Gasteiger partial charge on any atom is 0.308 e. The second kappa shape index (κ2) is 6.00. The van der Waals surface area contributed by atoms with Crippen LogP contribution < -0.4 is 0 Å². The molecule has 0 fully saturated rings. The first-order chi connectivity index (χ1) is 8.92. The predicted octanol–water partition coefficient (Wildman–Crippen LogP) is 3.00. The number of halogens is 2. The smallest absolute Gasteiger partial charge is 0.293 e. The summed E-state index contributed by atoms with van der Waals surface area (Å²) in [4.78, 5) is 21.3. The lowest BCUT2D eigenvalue weighted by atomic mass is 9.94. The maximum absolute atomic E-state index is 13.8. The Morgan fingerprint density at radius 2 is 2.16 bits per heavy atom. The zero-order valence-corrected chi connectivity index (χ0v) is 10.0. The van der Waals surface area contributed by atoms with Gasteiger partial charge in [-0.25, -0.2) is 4.39 Å². The molecule has 7 heteroatoms. The molecule has 19 heavy (non-hydrogen) atoms. The highest BCUT2D eigenvalue weighted by molar-refractivity contribution is 6.00. The van der Waals surface area contributed by atoms with Crippen molar-refractivity contribution in [2.75, 3.05) is 0 Å². The first kappa shape index (κ1) is 14.7. The van der Waals surface area contributed by atoms with Crippen molar-refractivity contribution in [2.45, 2.75) is 19.8 Å². The van der Waals surface area contributed by atoms with Crippen molar-refractivity contribution in [3.63, 3.8) is 0 Å². The summed E-state index contributed by atoms with van der Waals surface area (Å²) in [5, 5.41) is 19.3. The molecule has 0 N–H and O–H groups in total. The van der Waals surface area contributed by atoms with E-state index in [0.717, 1.165) is 0 Å². The minimum Gasteiger partial charge on any atom is -0.293 e. The summed E-state index contributed by atoms with van der Waals surface area (Å²) in [6.45, 7) is 1.72. The van der Waals surface area contributed by atoms with Crippen LogP contribution >= 0.6 is 0 Å². The molecule has 5 nitrogen and oxygen atoms in total. The van der Waals surface area contributed by atoms with Crippen LogP contribution in [0, 0.1) is 39.0 Å². The molecule has 0 spiro atoms. The van der Waals surface area contributed by atoms with Gasteiger partial charge in [-0.1, -0.05) is 13.3 Å². The highest BCUT2D eigenvalue weighted by Gasteiger charge is 2.28. The molecule has 0 radical (unpaired) electrons. The monoisotopic (exact) mass is 268 g/mol. The Bertz CT molecular complexity index is 567. The van der Waals surface area contributed by atoms with E-state index in [1.165, 1.54) is 0 Å². The van der Waals surface area contributed by atoms with Crippen molar-refractivity contribution >= 4 is 11.5 Å². The van der Waals surface area contributed by atoms with Crippen LogP contribution in [-0.2, 0) is 0 Å². The third-order valence-corrected chi connectivity index (χ3v) is 2.53. The van der Waals surface area contributed by atoms with Crippen LogP contribution in [0.3, 0.4) is 0 Å². The predicted molar refractivity (Wildman–Crippen MR) is 61.4 cm³/mol. The van der Waals surface area contributed by atoms with Gasteiger partial charge in [0.25, 0.3) is 0 Å². The number of nitriles is 1. The van der Waals surface area contributed by atoms with E-state index in [9.17, 15) is 23.7 Å². The minimum absolute atomic E-state index is 0.180. The molecule has 0 heterocycles. The summed E-state index contributed by atoms with van der Waals surface area (Å²) < 4.78 is 26.9. The molecule has 0 aromatic heterocycles. The Balaban J connectivity index is 3.31. The number of nitro benzene ring substituents is 1. The van der Waals surface area contributed by atoms with E-state index >= 15 is 0 Å². The molecule has 0 saturated carbocycles. The van der Waals surface area contributed by atoms with Crippen LogP contribution in [0.1, 0.15) is 30.1 Å². The SMILES string of the molecule is CCCC(C#N)C(=O)c1cc(F)cc([N+](=O)[O-])c1F. The van der Waals surface area contributed by atoms with Crippen molar-refractivity contribution in [1.29, 1.82) is 5.26 Å². The average Bonchev–Trinajstić information content (AvgIpc) is 2.37. The highest BCUT2D eigenvalue weighted by Crippen LogP contribution is 2.25. The number of nitrogens with zero attached hydrogens (tertiary/aromatic N) is 2. The van der Waals surface area contributed by atoms with Crippen LogP contribution in [0.4, 0.5) is 14.5 Å². The lowest BCUT2D eigenvalue weighted by Gasteiger charge is -2.08. The lowest BCUT2D eigenvalue weighted by molar-refractivity contribution is -0.387. The molecule has 100 valence electrons. The van der Waals surface area contributed by atoms with Gasteiger partial charge in [0.2, 0.25) is 5.82 Å². The zero-order chi connectivity index (χ0) is 14.6. The second-order valence-corrected chi connectivity index (χ2v) is 3.88. The van der Waals surface area contributed by atoms with E-state index in [0.29, 0.717) is 18.6 Å². The van der Waals surface area contributed by atoms with E-state index in [1.54, 1.807) is 13.0 Å². The molecule has 0 aliphatic rings. The Morgan fingerprint density at radius 3 is 2.63 bits per heavy atom. The van der Waals surface area contributed by atoms with Gasteiger partial charge >= 0.3 is 5.69 Å². The maximum atomic E-state index is 13.8. The van der Waals surface area contributed by atoms with E-state index in [2.05, 4.69) is 0 Å². The van der Waals surface area contributed by atoms with Crippen LogP contribution in [0.25, 0.3) is 0 Å². The average molecular weight is 268 g/mol. The van der Waals surface area contributed by atoms with E-state index in [-0.39, 0.29) is 6.42 Å². The Kier molecular flexibility index (Phi) is 4.64. The zero-order valence-electron chi connectivity index (χ0n) is 10.0. The fourth-order valence-electron chi connectivity index (χ4n) is 1.62. The molecular weight excluding hydrogens is 258 g/mol. The van der Waals surface area contributed by atoms with E-state index in [1.807, 2.05) is 0 Å². The second-order valence-electron chi connectivity index (χ2n) is 3.88. The third-order valence-electron chi connectivity index (χ3n) is 2.53. The standard InChI is InChI=1S/C12H10F2N2O3/c1-2-3-7(6-15)12(17)9-4-8(13)5-10(11(9)14)16(18)19/h4-5,7H,2-3H2,1H3. The van der Waals surface area contributed by atoms with Crippen molar-refractivity contribution < 1.29 is 18.5 Å². The molecular formula is C12H10F2N2O3. The Hall–Kier alpha value is -2.36. The van der Waals surface area contributed by atoms with E-state index in [4.69, 9.17) is 5.26 Å². The molecule has 1 unspecified atom stereocenters. The van der Waals surface area contributed by atoms with Gasteiger partial charge in [0, 0.05) is 0 Å². The number of hydrogen-bond donors (Lipinski definition) is 0. The molecule has 1 aromatic rings. The van der Waals surface area contributed by atoms with Gasteiger partial charge in [-0.15, -0.1) is 0 Å². The first-order valence-corrected chi connectivity index (χ1v) is 5.49. The van der Waals surface area contributed by atoms with Crippen LogP contribution in [0.5, 0.6) is 0 Å². The number of benzene rings is 1. The molecule has 0 amide bonds. The van der Waals surface area contributed by atoms with E-state index < -0.39 is 39.5 Å². The normalized spacial score (nSPS) is 11.7. The van der Waals surface area contributed by atoms with Crippen molar-refractivity contribution in [3.8, 4) is 6.07 Å². The van der Waals surface area contributed by atoms with Gasteiger partial charge in [0.15, 0.2) is 5.78 Å². The highest BCUT2D eigenvalue weighted by atomic mass is 19.1. The summed E-state index contributed by atoms with van der Waals surface area (Å²) in [7, 11) is 0. The first-order valence-electron chi connectivity index (χ1n) is 5.49. The molecule has 0 bridgehead atoms. The van der Waals surface area contributed by atoms with Gasteiger partial charge in [-0.2, -0.15) is 9.65 Å². The minimum atomic E-state index is -1.41. The summed E-state index contributed by atoms with van der Waals surface area (Å²) in [6, 6.07) is 2.66. The fraction of sp³-hybridized carbons (Fsp3) is 0.333. The lowest BCUT2D eigenvalue weighted by Crippen LogP contribution is -2.15. The van der Waals surface area contributed by atoms with Gasteiger partial charge in [0.05, 0.1) is 22.6 Å². The number of hydrogen-bond acceptors (Lipinski definition) is 4. The van der Waals surface area contributed by atoms with Gasteiger partial charge in [-0.3, -0.25) is 14.9 Å². The summed E-state index contributed by atoms with van der Waals surface area (Å²) >= 11 is 0. The third kappa shape index (κ3) is 3.10. The van der Waals surface area contributed by atoms with Crippen LogP contribution in [0.2, 0.25) is 0 Å². The van der Waals surface area contributed by atoms with Crippen molar-refractivity contribution in [3.05, 3.63) is 39.4 Å². The Morgan fingerprint density at radius 1 is 1.53 bits per heavy atom. The molecule has 1 rings (SSSR count). The summed E-state index contributed by atoms with van der Waals surface area (Å²) in [6.07, 6.45) is 0.683. The molecule has 0 saturated heterocycles. The number of nitro groups is 1. The molecule has 1 aromatic carbocycles. The Labute approximate surface area is 107 Å². The van der Waals surface area contributed by atoms with Gasteiger partial charge in [-0.05, 0) is 12.5 Å². The number of ketones is 1. The summed E-state index contributed by atoms with van der Waals surface area (Å²) in [5.74, 6) is -4.58. The number of carbonyl (C=O) groups is 1. The quantitative estimate of drug-likeness (QED) is 0.466. The number of Topliss-reactive ketones (excluding diaryl/α,β-unsaturated/α-hetero) is 1. The van der Waals surface area contributed by atoms with Crippen molar-refractivity contribution in [2.24, 2.45) is 5.92 Å². The van der Waals surface area contributed by atoms with Crippen molar-refractivity contribution in [1.82, 2.24) is 0 Å².